The number of pyridine rings is 2. The van der Waals surface area contributed by atoms with Gasteiger partial charge in [0.2, 0.25) is 11.8 Å². The summed E-state index contributed by atoms with van der Waals surface area (Å²) in [5.41, 5.74) is 2.02. The Balaban J connectivity index is 1.58. The third-order valence-electron chi connectivity index (χ3n) is 4.64. The van der Waals surface area contributed by atoms with Crippen LogP contribution in [0.15, 0.2) is 47.5 Å². The number of anilines is 1. The highest BCUT2D eigenvalue weighted by Crippen LogP contribution is 2.23. The number of ether oxygens (including phenoxy) is 1. The normalized spacial score (nSPS) is 14.3. The molecule has 3 heterocycles. The number of hydrogen-bond donors (Lipinski definition) is 3. The predicted molar refractivity (Wildman–Crippen MR) is 113 cm³/mol. The molecule has 29 heavy (non-hydrogen) atoms. The van der Waals surface area contributed by atoms with Crippen LogP contribution in [-0.4, -0.2) is 59.6 Å². The molecule has 0 radical (unpaired) electrons. The van der Waals surface area contributed by atoms with Gasteiger partial charge < -0.3 is 25.3 Å². The fraction of sp³-hybridized carbons (Fsp3) is 0.381. The summed E-state index contributed by atoms with van der Waals surface area (Å²) >= 11 is 0. The van der Waals surface area contributed by atoms with Gasteiger partial charge in [-0.15, -0.1) is 0 Å². The summed E-state index contributed by atoms with van der Waals surface area (Å²) in [4.78, 5) is 32.9. The lowest BCUT2D eigenvalue weighted by Gasteiger charge is -2.39. The third kappa shape index (κ3) is 5.45. The second kappa shape index (κ2) is 9.38. The minimum Gasteiger partial charge on any atom is -0.481 e. The van der Waals surface area contributed by atoms with Crippen LogP contribution < -0.4 is 20.9 Å². The summed E-state index contributed by atoms with van der Waals surface area (Å²) < 4.78 is 5.16. The second-order valence-electron chi connectivity index (χ2n) is 7.27. The molecular formula is C21H27N5O3. The van der Waals surface area contributed by atoms with Gasteiger partial charge in [-0.25, -0.2) is 4.98 Å². The lowest BCUT2D eigenvalue weighted by molar-refractivity contribution is -0.129. The van der Waals surface area contributed by atoms with E-state index < -0.39 is 0 Å². The van der Waals surface area contributed by atoms with Gasteiger partial charge in [-0.1, -0.05) is 19.9 Å². The van der Waals surface area contributed by atoms with E-state index in [1.807, 2.05) is 18.2 Å². The van der Waals surface area contributed by atoms with E-state index in [0.29, 0.717) is 37.2 Å². The van der Waals surface area contributed by atoms with Gasteiger partial charge in [0.1, 0.15) is 5.69 Å². The lowest BCUT2D eigenvalue weighted by Crippen LogP contribution is -2.57. The van der Waals surface area contributed by atoms with Crippen molar-refractivity contribution in [1.82, 2.24) is 20.2 Å². The van der Waals surface area contributed by atoms with Gasteiger partial charge in [-0.05, 0) is 17.7 Å². The Morgan fingerprint density at radius 2 is 2.17 bits per heavy atom. The first-order valence-electron chi connectivity index (χ1n) is 9.64. The van der Waals surface area contributed by atoms with E-state index in [1.54, 1.807) is 36.5 Å². The average molecular weight is 397 g/mol. The van der Waals surface area contributed by atoms with Crippen molar-refractivity contribution in [1.29, 1.82) is 0 Å². The van der Waals surface area contributed by atoms with Crippen molar-refractivity contribution in [2.75, 3.05) is 32.1 Å². The summed E-state index contributed by atoms with van der Waals surface area (Å²) in [6.07, 6.45) is 6.75. The summed E-state index contributed by atoms with van der Waals surface area (Å²) in [5.74, 6) is 0.494. The topological polar surface area (TPSA) is 99.4 Å². The summed E-state index contributed by atoms with van der Waals surface area (Å²) in [7, 11) is 1.56. The fourth-order valence-corrected chi connectivity index (χ4v) is 3.00. The molecule has 0 atom stereocenters. The van der Waals surface area contributed by atoms with Crippen molar-refractivity contribution >= 4 is 11.6 Å². The smallest absolute Gasteiger partial charge is 0.271 e. The van der Waals surface area contributed by atoms with E-state index in [1.165, 1.54) is 0 Å². The highest BCUT2D eigenvalue weighted by atomic mass is 16.5. The molecule has 3 rings (SSSR count). The fourth-order valence-electron chi connectivity index (χ4n) is 3.00. The number of rotatable bonds is 8. The SMILES string of the molecule is COc1cc(-c2c[nH]c(=O)c(NC3CN(C(=O)C=CCNC(C)C)C3)c2)ccn1. The number of amides is 1. The number of carbonyl (C=O) groups is 1. The number of methoxy groups -OCH3 is 1. The van der Waals surface area contributed by atoms with Crippen molar-refractivity contribution in [3.05, 3.63) is 53.1 Å². The number of nitrogens with one attached hydrogen (secondary N) is 3. The first-order valence-corrected chi connectivity index (χ1v) is 9.64. The van der Waals surface area contributed by atoms with Crippen LogP contribution in [-0.2, 0) is 4.79 Å². The van der Waals surface area contributed by atoms with Crippen LogP contribution in [0.25, 0.3) is 11.1 Å². The van der Waals surface area contributed by atoms with Gasteiger partial charge in [-0.2, -0.15) is 0 Å². The molecular weight excluding hydrogens is 370 g/mol. The predicted octanol–water partition coefficient (Wildman–Crippen LogP) is 1.62. The van der Waals surface area contributed by atoms with Crippen molar-refractivity contribution in [2.24, 2.45) is 0 Å². The Hall–Kier alpha value is -3.13. The molecule has 3 N–H and O–H groups in total. The largest absolute Gasteiger partial charge is 0.481 e. The Kier molecular flexibility index (Phi) is 6.66. The van der Waals surface area contributed by atoms with Crippen LogP contribution in [0.3, 0.4) is 0 Å². The number of aromatic nitrogens is 2. The van der Waals surface area contributed by atoms with Crippen LogP contribution in [0.1, 0.15) is 13.8 Å². The molecule has 0 aliphatic carbocycles. The number of likely N-dealkylation sites (tertiary alicyclic amines) is 1. The average Bonchev–Trinajstić information content (AvgIpc) is 2.68. The summed E-state index contributed by atoms with van der Waals surface area (Å²) in [6, 6.07) is 5.89. The van der Waals surface area contributed by atoms with Crippen molar-refractivity contribution < 1.29 is 9.53 Å². The molecule has 1 amide bonds. The number of carbonyl (C=O) groups excluding carboxylic acids is 1. The first-order chi connectivity index (χ1) is 14.0. The molecule has 1 saturated heterocycles. The molecule has 0 spiro atoms. The van der Waals surface area contributed by atoms with E-state index in [2.05, 4.69) is 34.4 Å². The third-order valence-corrected chi connectivity index (χ3v) is 4.64. The lowest BCUT2D eigenvalue weighted by atomic mass is 10.1. The maximum atomic E-state index is 12.2. The number of hydrogen-bond acceptors (Lipinski definition) is 6. The number of H-pyrrole nitrogens is 1. The summed E-state index contributed by atoms with van der Waals surface area (Å²) in [5, 5.41) is 6.46. The van der Waals surface area contributed by atoms with E-state index in [-0.39, 0.29) is 17.5 Å². The van der Waals surface area contributed by atoms with Gasteiger partial charge in [0, 0.05) is 55.8 Å². The molecule has 8 heteroatoms. The van der Waals surface area contributed by atoms with E-state index in [0.717, 1.165) is 11.1 Å². The van der Waals surface area contributed by atoms with Gasteiger partial charge in [0.25, 0.3) is 5.56 Å². The maximum absolute atomic E-state index is 12.2. The van der Waals surface area contributed by atoms with Gasteiger partial charge in [0.05, 0.1) is 13.2 Å². The van der Waals surface area contributed by atoms with Crippen LogP contribution >= 0.6 is 0 Å². The van der Waals surface area contributed by atoms with Crippen LogP contribution in [0.2, 0.25) is 0 Å². The minimum absolute atomic E-state index is 0.0138. The van der Waals surface area contributed by atoms with Gasteiger partial charge in [-0.3, -0.25) is 9.59 Å². The molecule has 1 fully saturated rings. The number of aromatic amines is 1. The maximum Gasteiger partial charge on any atom is 0.271 e. The molecule has 0 saturated carbocycles. The van der Waals surface area contributed by atoms with Crippen LogP contribution in [0, 0.1) is 0 Å². The van der Waals surface area contributed by atoms with E-state index in [4.69, 9.17) is 4.74 Å². The highest BCUT2D eigenvalue weighted by molar-refractivity contribution is 5.88. The zero-order valence-electron chi connectivity index (χ0n) is 16.9. The Morgan fingerprint density at radius 1 is 1.38 bits per heavy atom. The summed E-state index contributed by atoms with van der Waals surface area (Å²) in [6.45, 7) is 5.91. The Labute approximate surface area is 170 Å². The molecule has 1 aliphatic rings. The molecule has 0 unspecified atom stereocenters. The van der Waals surface area contributed by atoms with Crippen molar-refractivity contribution in [3.63, 3.8) is 0 Å². The number of nitrogens with zero attached hydrogens (tertiary/aromatic N) is 2. The zero-order chi connectivity index (χ0) is 20.8. The molecule has 8 nitrogen and oxygen atoms in total. The minimum atomic E-state index is -0.195. The molecule has 0 aromatic carbocycles. The molecule has 2 aromatic heterocycles. The zero-order valence-corrected chi connectivity index (χ0v) is 16.9. The molecule has 1 aliphatic heterocycles. The van der Waals surface area contributed by atoms with Gasteiger partial charge >= 0.3 is 0 Å². The molecule has 2 aromatic rings. The molecule has 154 valence electrons. The van der Waals surface area contributed by atoms with Crippen molar-refractivity contribution in [2.45, 2.75) is 25.9 Å². The standard InChI is InChI=1S/C21H27N5O3/c1-14(2)22-7-4-5-20(27)26-12-17(13-26)25-18-9-16(11-24-21(18)28)15-6-8-23-19(10-15)29-3/h4-6,8-11,14,17,22,25H,7,12-13H2,1-3H3,(H,24,28). The highest BCUT2D eigenvalue weighted by Gasteiger charge is 2.29. The van der Waals surface area contributed by atoms with E-state index in [9.17, 15) is 9.59 Å². The van der Waals surface area contributed by atoms with E-state index >= 15 is 0 Å². The van der Waals surface area contributed by atoms with Gasteiger partial charge in [0.15, 0.2) is 0 Å². The Bertz CT molecular complexity index is 932. The second-order valence-corrected chi connectivity index (χ2v) is 7.27. The van der Waals surface area contributed by atoms with Crippen LogP contribution in [0.5, 0.6) is 5.88 Å². The molecule has 0 bridgehead atoms. The van der Waals surface area contributed by atoms with Crippen molar-refractivity contribution in [3.8, 4) is 17.0 Å². The monoisotopic (exact) mass is 397 g/mol. The quantitative estimate of drug-likeness (QED) is 0.586. The van der Waals surface area contributed by atoms with Crippen LogP contribution in [0.4, 0.5) is 5.69 Å². The first kappa shape index (κ1) is 20.6. The Morgan fingerprint density at radius 3 is 2.90 bits per heavy atom.